The fraction of sp³-hybridized carbons (Fsp3) is 0.273. The zero-order chi connectivity index (χ0) is 32.8. The second kappa shape index (κ2) is 14.3. The molecule has 4 heterocycles. The van der Waals surface area contributed by atoms with Gasteiger partial charge in [-0.3, -0.25) is 14.8 Å². The van der Waals surface area contributed by atoms with E-state index in [-0.39, 0.29) is 29.5 Å². The first-order chi connectivity index (χ1) is 22.8. The van der Waals surface area contributed by atoms with Crippen molar-refractivity contribution in [1.29, 1.82) is 0 Å². The Balaban J connectivity index is 1.18. The summed E-state index contributed by atoms with van der Waals surface area (Å²) >= 11 is 4.60. The lowest BCUT2D eigenvalue weighted by Gasteiger charge is -2.34. The number of benzene rings is 2. The number of nitrogens with zero attached hydrogens (tertiary/aromatic N) is 8. The Labute approximate surface area is 274 Å². The van der Waals surface area contributed by atoms with Crippen molar-refractivity contribution in [3.05, 3.63) is 89.9 Å². The van der Waals surface area contributed by atoms with Crippen LogP contribution in [0.3, 0.4) is 0 Å². The van der Waals surface area contributed by atoms with Crippen LogP contribution in [0.2, 0.25) is 0 Å². The Morgan fingerprint density at radius 1 is 0.936 bits per heavy atom. The van der Waals surface area contributed by atoms with Gasteiger partial charge in [0.25, 0.3) is 0 Å². The molecule has 1 N–H and O–H groups in total. The molecule has 0 spiro atoms. The van der Waals surface area contributed by atoms with Crippen molar-refractivity contribution in [2.75, 3.05) is 44.6 Å². The molecule has 5 aromatic rings. The fourth-order valence-corrected chi connectivity index (χ4v) is 5.41. The third-order valence-corrected chi connectivity index (χ3v) is 8.01. The molecular weight excluding hydrogens is 627 g/mol. The van der Waals surface area contributed by atoms with E-state index in [0.29, 0.717) is 42.5 Å². The minimum Gasteiger partial charge on any atom is -0.416 e. The molecule has 1 saturated heterocycles. The SMILES string of the molecule is Cc1ccc(-c2nnc(-c3ccc(CN4CCN(CCN=C=S)CC4)c(C(F)(F)F)c3)o2)cc1Nc1nccc(-c2cccnc2)n1. The number of aromatic nitrogens is 5. The van der Waals surface area contributed by atoms with Crippen LogP contribution in [0, 0.1) is 6.92 Å². The maximum absolute atomic E-state index is 14.2. The third-order valence-electron chi connectivity index (χ3n) is 7.88. The lowest BCUT2D eigenvalue weighted by Crippen LogP contribution is -2.46. The number of thiocarbonyl (C=S) groups is 1. The maximum atomic E-state index is 14.2. The number of halogens is 3. The van der Waals surface area contributed by atoms with E-state index < -0.39 is 11.7 Å². The smallest absolute Gasteiger partial charge is 0.416 e. The minimum atomic E-state index is -4.55. The molecule has 14 heteroatoms. The predicted octanol–water partition coefficient (Wildman–Crippen LogP) is 6.55. The quantitative estimate of drug-likeness (QED) is 0.131. The molecule has 6 rings (SSSR count). The number of alkyl halides is 3. The first kappa shape index (κ1) is 32.1. The molecule has 240 valence electrons. The summed E-state index contributed by atoms with van der Waals surface area (Å²) in [7, 11) is 0. The number of aliphatic imine (C=N–C) groups is 1. The molecule has 0 amide bonds. The Morgan fingerprint density at radius 2 is 1.68 bits per heavy atom. The number of hydrogen-bond donors (Lipinski definition) is 1. The van der Waals surface area contributed by atoms with E-state index in [1.54, 1.807) is 36.8 Å². The molecule has 3 aromatic heterocycles. The van der Waals surface area contributed by atoms with E-state index in [4.69, 9.17) is 4.42 Å². The van der Waals surface area contributed by atoms with Crippen LogP contribution in [-0.2, 0) is 12.7 Å². The number of aryl methyl sites for hydroxylation is 1. The van der Waals surface area contributed by atoms with Crippen molar-refractivity contribution in [3.63, 3.8) is 0 Å². The third kappa shape index (κ3) is 7.92. The van der Waals surface area contributed by atoms with Crippen LogP contribution < -0.4 is 5.32 Å². The molecule has 1 fully saturated rings. The van der Waals surface area contributed by atoms with Gasteiger partial charge < -0.3 is 9.73 Å². The lowest BCUT2D eigenvalue weighted by molar-refractivity contribution is -0.138. The van der Waals surface area contributed by atoms with Gasteiger partial charge in [0, 0.05) is 80.2 Å². The number of anilines is 2. The Bertz CT molecular complexity index is 1890. The van der Waals surface area contributed by atoms with Gasteiger partial charge in [-0.2, -0.15) is 13.2 Å². The molecule has 0 radical (unpaired) electrons. The Hall–Kier alpha value is -4.88. The van der Waals surface area contributed by atoms with Gasteiger partial charge in [0.05, 0.1) is 23.0 Å². The minimum absolute atomic E-state index is 0.00719. The molecule has 1 aliphatic rings. The molecule has 1 aliphatic heterocycles. The molecule has 47 heavy (non-hydrogen) atoms. The summed E-state index contributed by atoms with van der Waals surface area (Å²) in [5, 5.41) is 13.8. The summed E-state index contributed by atoms with van der Waals surface area (Å²) in [6.45, 7) is 6.24. The highest BCUT2D eigenvalue weighted by Crippen LogP contribution is 2.36. The maximum Gasteiger partial charge on any atom is 0.416 e. The lowest BCUT2D eigenvalue weighted by atomic mass is 10.0. The zero-order valence-electron chi connectivity index (χ0n) is 25.4. The number of isothiocyanates is 1. The number of rotatable bonds is 10. The van der Waals surface area contributed by atoms with Crippen LogP contribution in [0.25, 0.3) is 34.2 Å². The predicted molar refractivity (Wildman–Crippen MR) is 175 cm³/mol. The average molecular weight is 658 g/mol. The summed E-state index contributed by atoms with van der Waals surface area (Å²) in [6, 6.07) is 15.2. The molecule has 0 aliphatic carbocycles. The highest BCUT2D eigenvalue weighted by atomic mass is 32.1. The monoisotopic (exact) mass is 657 g/mol. The first-order valence-corrected chi connectivity index (χ1v) is 15.3. The van der Waals surface area contributed by atoms with Crippen LogP contribution in [0.5, 0.6) is 0 Å². The Kier molecular flexibility index (Phi) is 9.73. The van der Waals surface area contributed by atoms with Crippen molar-refractivity contribution >= 4 is 29.0 Å². The largest absolute Gasteiger partial charge is 0.416 e. The molecular formula is C33H30F3N9OS. The van der Waals surface area contributed by atoms with Gasteiger partial charge in [-0.25, -0.2) is 15.0 Å². The normalized spacial score (nSPS) is 14.1. The Morgan fingerprint density at radius 3 is 2.40 bits per heavy atom. The van der Waals surface area contributed by atoms with Crippen molar-refractivity contribution in [2.45, 2.75) is 19.6 Å². The molecule has 0 unspecified atom stereocenters. The molecule has 10 nitrogen and oxygen atoms in total. The number of pyridine rings is 1. The highest BCUT2D eigenvalue weighted by molar-refractivity contribution is 7.78. The standard InChI is InChI=1S/C33H30F3N9OS/c1-22-4-5-24(18-29(22)41-32-39-10-8-28(40-32)25-3-2-9-37-19-25)31-43-42-30(46-31)23-6-7-26(27(17-23)33(34,35)36)20-45-15-13-44(14-16-45)12-11-38-21-47/h2-10,17-19H,11-16,20H2,1H3,(H,39,40,41). The average Bonchev–Trinajstić information content (AvgIpc) is 3.57. The molecule has 2 aromatic carbocycles. The summed E-state index contributed by atoms with van der Waals surface area (Å²) in [4.78, 5) is 21.3. The van der Waals surface area contributed by atoms with Crippen molar-refractivity contribution < 1.29 is 17.6 Å². The van der Waals surface area contributed by atoms with E-state index in [2.05, 4.69) is 57.7 Å². The molecule has 0 saturated carbocycles. The van der Waals surface area contributed by atoms with Crippen molar-refractivity contribution in [2.24, 2.45) is 4.99 Å². The topological polar surface area (TPSA) is 108 Å². The number of piperazine rings is 1. The van der Waals surface area contributed by atoms with Gasteiger partial charge in [0.15, 0.2) is 0 Å². The summed E-state index contributed by atoms with van der Waals surface area (Å²) in [5.41, 5.74) is 3.44. The summed E-state index contributed by atoms with van der Waals surface area (Å²) < 4.78 is 48.6. The number of nitrogens with one attached hydrogen (secondary N) is 1. The van der Waals surface area contributed by atoms with Gasteiger partial charge in [0.2, 0.25) is 17.7 Å². The van der Waals surface area contributed by atoms with Crippen LogP contribution in [0.4, 0.5) is 24.8 Å². The van der Waals surface area contributed by atoms with Gasteiger partial charge >= 0.3 is 6.18 Å². The zero-order valence-corrected chi connectivity index (χ0v) is 26.2. The van der Waals surface area contributed by atoms with Gasteiger partial charge in [-0.1, -0.05) is 12.1 Å². The second-order valence-electron chi connectivity index (χ2n) is 11.0. The van der Waals surface area contributed by atoms with E-state index in [1.165, 1.54) is 6.07 Å². The fourth-order valence-electron chi connectivity index (χ4n) is 5.32. The van der Waals surface area contributed by atoms with Gasteiger partial charge in [-0.15, -0.1) is 10.2 Å². The van der Waals surface area contributed by atoms with Crippen LogP contribution in [0.1, 0.15) is 16.7 Å². The summed E-state index contributed by atoms with van der Waals surface area (Å²) in [6.07, 6.45) is 0.519. The van der Waals surface area contributed by atoms with Crippen molar-refractivity contribution in [1.82, 2.24) is 34.9 Å². The van der Waals surface area contributed by atoms with E-state index in [0.717, 1.165) is 36.8 Å². The van der Waals surface area contributed by atoms with Crippen LogP contribution in [0.15, 0.2) is 82.6 Å². The van der Waals surface area contributed by atoms with Gasteiger partial charge in [-0.05, 0) is 72.7 Å². The second-order valence-corrected chi connectivity index (χ2v) is 11.2. The van der Waals surface area contributed by atoms with Crippen molar-refractivity contribution in [3.8, 4) is 34.2 Å². The summed E-state index contributed by atoms with van der Waals surface area (Å²) in [5.74, 6) is 0.545. The molecule has 0 atom stereocenters. The van der Waals surface area contributed by atoms with E-state index in [1.807, 2.05) is 36.1 Å². The number of hydrogen-bond acceptors (Lipinski definition) is 11. The van der Waals surface area contributed by atoms with Crippen LogP contribution in [-0.4, -0.2) is 79.4 Å². The van der Waals surface area contributed by atoms with E-state index >= 15 is 0 Å². The molecule has 0 bridgehead atoms. The first-order valence-electron chi connectivity index (χ1n) is 14.9. The van der Waals surface area contributed by atoms with Gasteiger partial charge in [0.1, 0.15) is 0 Å². The van der Waals surface area contributed by atoms with Crippen LogP contribution >= 0.6 is 12.2 Å². The highest BCUT2D eigenvalue weighted by Gasteiger charge is 2.35. The van der Waals surface area contributed by atoms with E-state index in [9.17, 15) is 13.2 Å².